The van der Waals surface area contributed by atoms with E-state index in [4.69, 9.17) is 18.9 Å². The molecule has 5 heteroatoms. The van der Waals surface area contributed by atoms with E-state index in [-0.39, 0.29) is 6.61 Å². The number of benzene rings is 2. The summed E-state index contributed by atoms with van der Waals surface area (Å²) in [7, 11) is 0. The smallest absolute Gasteiger partial charge is 0.431 e. The van der Waals surface area contributed by atoms with Crippen molar-refractivity contribution >= 4 is 6.16 Å². The van der Waals surface area contributed by atoms with E-state index in [1.807, 2.05) is 50.2 Å². The number of ether oxygens (including phenoxy) is 4. The molecular formula is C19H22O5. The maximum atomic E-state index is 11.8. The van der Waals surface area contributed by atoms with Gasteiger partial charge in [-0.1, -0.05) is 48.5 Å². The second-order valence-electron chi connectivity index (χ2n) is 5.03. The van der Waals surface area contributed by atoms with Crippen molar-refractivity contribution in [3.05, 3.63) is 66.2 Å². The Hall–Kier alpha value is -2.37. The number of rotatable bonds is 8. The lowest BCUT2D eigenvalue weighted by atomic mass is 10.1. The number of para-hydroxylation sites is 1. The van der Waals surface area contributed by atoms with Gasteiger partial charge in [0.05, 0.1) is 0 Å². The van der Waals surface area contributed by atoms with Gasteiger partial charge in [0.2, 0.25) is 0 Å². The van der Waals surface area contributed by atoms with Crippen LogP contribution in [0, 0.1) is 0 Å². The van der Waals surface area contributed by atoms with E-state index in [1.54, 1.807) is 24.3 Å². The minimum atomic E-state index is -0.769. The molecule has 0 saturated carbocycles. The lowest BCUT2D eigenvalue weighted by molar-refractivity contribution is -0.168. The Kier molecular flexibility index (Phi) is 7.26. The molecule has 0 spiro atoms. The van der Waals surface area contributed by atoms with E-state index >= 15 is 0 Å². The molecule has 0 aromatic heterocycles. The van der Waals surface area contributed by atoms with Crippen molar-refractivity contribution in [2.24, 2.45) is 0 Å². The molecule has 2 unspecified atom stereocenters. The maximum Gasteiger partial charge on any atom is 0.513 e. The van der Waals surface area contributed by atoms with E-state index in [0.717, 1.165) is 5.56 Å². The highest BCUT2D eigenvalue weighted by Crippen LogP contribution is 2.20. The molecule has 0 aliphatic rings. The van der Waals surface area contributed by atoms with Crippen LogP contribution in [0.2, 0.25) is 0 Å². The second kappa shape index (κ2) is 9.70. The van der Waals surface area contributed by atoms with E-state index in [0.29, 0.717) is 12.4 Å². The van der Waals surface area contributed by atoms with Crippen LogP contribution in [0.5, 0.6) is 5.75 Å². The first-order valence-corrected chi connectivity index (χ1v) is 7.90. The third kappa shape index (κ3) is 6.02. The van der Waals surface area contributed by atoms with Gasteiger partial charge in [0, 0.05) is 6.61 Å². The van der Waals surface area contributed by atoms with Crippen molar-refractivity contribution in [1.29, 1.82) is 0 Å². The van der Waals surface area contributed by atoms with Gasteiger partial charge < -0.3 is 18.9 Å². The largest absolute Gasteiger partial charge is 0.513 e. The lowest BCUT2D eigenvalue weighted by Gasteiger charge is -2.22. The van der Waals surface area contributed by atoms with Gasteiger partial charge in [-0.2, -0.15) is 0 Å². The normalized spacial score (nSPS) is 13.1. The molecule has 0 bridgehead atoms. The Morgan fingerprint density at radius 3 is 2.25 bits per heavy atom. The summed E-state index contributed by atoms with van der Waals surface area (Å²) in [6.45, 7) is 4.28. The number of hydrogen-bond acceptors (Lipinski definition) is 5. The molecule has 0 N–H and O–H groups in total. The van der Waals surface area contributed by atoms with Gasteiger partial charge in [0.25, 0.3) is 0 Å². The van der Waals surface area contributed by atoms with Crippen molar-refractivity contribution in [1.82, 2.24) is 0 Å². The van der Waals surface area contributed by atoms with Crippen LogP contribution < -0.4 is 4.74 Å². The van der Waals surface area contributed by atoms with Crippen molar-refractivity contribution < 1.29 is 23.7 Å². The van der Waals surface area contributed by atoms with E-state index in [1.165, 1.54) is 0 Å². The van der Waals surface area contributed by atoms with Crippen LogP contribution >= 0.6 is 0 Å². The minimum absolute atomic E-state index is 0.0348. The number of hydrogen-bond donors (Lipinski definition) is 0. The van der Waals surface area contributed by atoms with Crippen LogP contribution in [-0.2, 0) is 14.2 Å². The minimum Gasteiger partial charge on any atom is -0.431 e. The van der Waals surface area contributed by atoms with Gasteiger partial charge >= 0.3 is 6.16 Å². The van der Waals surface area contributed by atoms with Gasteiger partial charge in [0.1, 0.15) is 18.5 Å². The summed E-state index contributed by atoms with van der Waals surface area (Å²) >= 11 is 0. The Balaban J connectivity index is 1.93. The highest BCUT2D eigenvalue weighted by atomic mass is 16.7. The van der Waals surface area contributed by atoms with E-state index < -0.39 is 18.5 Å². The predicted octanol–water partition coefficient (Wildman–Crippen LogP) is 4.34. The molecule has 0 radical (unpaired) electrons. The molecule has 2 rings (SSSR count). The molecule has 24 heavy (non-hydrogen) atoms. The first-order chi connectivity index (χ1) is 11.7. The van der Waals surface area contributed by atoms with Crippen LogP contribution in [-0.4, -0.2) is 25.7 Å². The standard InChI is InChI=1S/C19H22O5/c1-3-21-15(2)23-18(16-10-6-4-7-11-16)14-22-19(20)24-17-12-8-5-9-13-17/h4-13,15,18H,3,14H2,1-2H3. The van der Waals surface area contributed by atoms with Crippen molar-refractivity contribution in [2.75, 3.05) is 13.2 Å². The molecule has 5 nitrogen and oxygen atoms in total. The van der Waals surface area contributed by atoms with Gasteiger partial charge in [-0.3, -0.25) is 0 Å². The molecule has 0 aliphatic heterocycles. The van der Waals surface area contributed by atoms with Crippen LogP contribution in [0.15, 0.2) is 60.7 Å². The molecule has 2 atom stereocenters. The lowest BCUT2D eigenvalue weighted by Crippen LogP contribution is -2.23. The van der Waals surface area contributed by atoms with Crippen LogP contribution in [0.25, 0.3) is 0 Å². The van der Waals surface area contributed by atoms with Gasteiger partial charge in [-0.05, 0) is 31.5 Å². The molecular weight excluding hydrogens is 308 g/mol. The van der Waals surface area contributed by atoms with Crippen molar-refractivity contribution in [2.45, 2.75) is 26.2 Å². The Labute approximate surface area is 142 Å². The summed E-state index contributed by atoms with van der Waals surface area (Å²) in [4.78, 5) is 11.8. The fourth-order valence-corrected chi connectivity index (χ4v) is 2.15. The SMILES string of the molecule is CCOC(C)OC(COC(=O)Oc1ccccc1)c1ccccc1. The summed E-state index contributed by atoms with van der Waals surface area (Å²) in [6.07, 6.45) is -1.61. The van der Waals surface area contributed by atoms with Gasteiger partial charge in [-0.25, -0.2) is 4.79 Å². The monoisotopic (exact) mass is 330 g/mol. The maximum absolute atomic E-state index is 11.8. The van der Waals surface area contributed by atoms with Crippen LogP contribution in [0.3, 0.4) is 0 Å². The second-order valence-corrected chi connectivity index (χ2v) is 5.03. The summed E-state index contributed by atoms with van der Waals surface area (Å²) in [5.74, 6) is 0.433. The molecule has 2 aromatic carbocycles. The zero-order chi connectivity index (χ0) is 17.2. The fourth-order valence-electron chi connectivity index (χ4n) is 2.15. The average Bonchev–Trinajstić information content (AvgIpc) is 2.60. The third-order valence-corrected chi connectivity index (χ3v) is 3.23. The van der Waals surface area contributed by atoms with E-state index in [9.17, 15) is 4.79 Å². The Morgan fingerprint density at radius 1 is 1.00 bits per heavy atom. The third-order valence-electron chi connectivity index (χ3n) is 3.23. The first kappa shape index (κ1) is 18.0. The van der Waals surface area contributed by atoms with Crippen LogP contribution in [0.4, 0.5) is 4.79 Å². The van der Waals surface area contributed by atoms with Gasteiger partial charge in [0.15, 0.2) is 6.29 Å². The van der Waals surface area contributed by atoms with Crippen LogP contribution in [0.1, 0.15) is 25.5 Å². The summed E-state index contributed by atoms with van der Waals surface area (Å²) < 4.78 is 21.5. The van der Waals surface area contributed by atoms with Crippen molar-refractivity contribution in [3.8, 4) is 5.75 Å². The molecule has 0 amide bonds. The molecule has 0 heterocycles. The highest BCUT2D eigenvalue weighted by Gasteiger charge is 2.19. The molecule has 128 valence electrons. The quantitative estimate of drug-likeness (QED) is 0.409. The predicted molar refractivity (Wildman–Crippen MR) is 89.8 cm³/mol. The molecule has 0 saturated heterocycles. The summed E-state index contributed by atoms with van der Waals surface area (Å²) in [6, 6.07) is 18.3. The van der Waals surface area contributed by atoms with E-state index in [2.05, 4.69) is 0 Å². The molecule has 0 aliphatic carbocycles. The van der Waals surface area contributed by atoms with Crippen molar-refractivity contribution in [3.63, 3.8) is 0 Å². The topological polar surface area (TPSA) is 54.0 Å². The number of carbonyl (C=O) groups is 1. The zero-order valence-corrected chi connectivity index (χ0v) is 13.9. The zero-order valence-electron chi connectivity index (χ0n) is 13.9. The molecule has 2 aromatic rings. The Bertz CT molecular complexity index is 600. The summed E-state index contributed by atoms with van der Waals surface area (Å²) in [5, 5.41) is 0. The fraction of sp³-hybridized carbons (Fsp3) is 0.316. The Morgan fingerprint density at radius 2 is 1.62 bits per heavy atom. The summed E-state index contributed by atoms with van der Waals surface area (Å²) in [5.41, 5.74) is 0.900. The number of carbonyl (C=O) groups excluding carboxylic acids is 1. The van der Waals surface area contributed by atoms with Gasteiger partial charge in [-0.15, -0.1) is 0 Å². The average molecular weight is 330 g/mol. The first-order valence-electron chi connectivity index (χ1n) is 7.90. The highest BCUT2D eigenvalue weighted by molar-refractivity contribution is 5.63. The molecule has 0 fully saturated rings.